The highest BCUT2D eigenvalue weighted by atomic mass is 16.4. The van der Waals surface area contributed by atoms with Gasteiger partial charge in [0.15, 0.2) is 0 Å². The molecule has 1 fully saturated rings. The first-order chi connectivity index (χ1) is 8.38. The topological polar surface area (TPSA) is 60.8 Å². The Labute approximate surface area is 107 Å². The average molecular weight is 249 g/mol. The van der Waals surface area contributed by atoms with Gasteiger partial charge >= 0.3 is 5.97 Å². The van der Waals surface area contributed by atoms with E-state index in [1.54, 1.807) is 6.07 Å². The summed E-state index contributed by atoms with van der Waals surface area (Å²) in [5.41, 5.74) is 1.53. The Morgan fingerprint density at radius 2 is 2.00 bits per heavy atom. The zero-order valence-corrected chi connectivity index (χ0v) is 11.0. The Hall–Kier alpha value is -1.55. The maximum atomic E-state index is 11.3. The number of hydrogen-bond acceptors (Lipinski definition) is 3. The maximum Gasteiger partial charge on any atom is 0.314 e. The van der Waals surface area contributed by atoms with E-state index in [1.807, 2.05) is 32.0 Å². The molecule has 0 saturated heterocycles. The first-order valence-electron chi connectivity index (χ1n) is 6.08. The number of rotatable bonds is 4. The minimum atomic E-state index is -0.848. The second-order valence-electron chi connectivity index (χ2n) is 5.38. The molecule has 0 aromatic heterocycles. The summed E-state index contributed by atoms with van der Waals surface area (Å²) in [6.45, 7) is 2.55. The summed E-state index contributed by atoms with van der Waals surface area (Å²) in [5, 5.41) is 19.7. The summed E-state index contributed by atoms with van der Waals surface area (Å²) in [5.74, 6) is -0.680. The molecular weight excluding hydrogens is 230 g/mol. The number of phenols is 1. The molecule has 1 saturated carbocycles. The third-order valence-corrected chi connectivity index (χ3v) is 3.67. The normalized spacial score (nSPS) is 16.9. The lowest BCUT2D eigenvalue weighted by Crippen LogP contribution is -2.21. The van der Waals surface area contributed by atoms with Gasteiger partial charge in [0.05, 0.1) is 5.41 Å². The van der Waals surface area contributed by atoms with Gasteiger partial charge in [0.1, 0.15) is 5.75 Å². The summed E-state index contributed by atoms with van der Waals surface area (Å²) in [6.07, 6.45) is 1.22. The number of carboxylic acids is 1. The van der Waals surface area contributed by atoms with Crippen molar-refractivity contribution in [2.75, 3.05) is 14.1 Å². The molecule has 0 bridgehead atoms. The molecule has 1 aliphatic carbocycles. The number of carbonyl (C=O) groups is 1. The van der Waals surface area contributed by atoms with Crippen LogP contribution in [-0.2, 0) is 16.8 Å². The highest BCUT2D eigenvalue weighted by Crippen LogP contribution is 2.52. The van der Waals surface area contributed by atoms with Crippen LogP contribution >= 0.6 is 0 Å². The van der Waals surface area contributed by atoms with Crippen molar-refractivity contribution >= 4 is 5.97 Å². The molecule has 2 rings (SSSR count). The minimum Gasteiger partial charge on any atom is -0.507 e. The highest BCUT2D eigenvalue weighted by molar-refractivity contribution is 5.86. The molecule has 0 heterocycles. The largest absolute Gasteiger partial charge is 0.507 e. The lowest BCUT2D eigenvalue weighted by molar-refractivity contribution is -0.140. The number of aryl methyl sites for hydroxylation is 1. The van der Waals surface area contributed by atoms with E-state index >= 15 is 0 Å². The Kier molecular flexibility index (Phi) is 3.07. The van der Waals surface area contributed by atoms with Crippen LogP contribution in [0.2, 0.25) is 0 Å². The predicted octanol–water partition coefficient (Wildman–Crippen LogP) is 1.88. The van der Waals surface area contributed by atoms with Crippen LogP contribution in [0.4, 0.5) is 0 Å². The fourth-order valence-corrected chi connectivity index (χ4v) is 2.36. The van der Waals surface area contributed by atoms with Gasteiger partial charge in [-0.25, -0.2) is 0 Å². The van der Waals surface area contributed by atoms with Crippen LogP contribution < -0.4 is 0 Å². The van der Waals surface area contributed by atoms with Gasteiger partial charge in [0, 0.05) is 17.7 Å². The lowest BCUT2D eigenvalue weighted by atomic mass is 9.91. The quantitative estimate of drug-likeness (QED) is 0.855. The van der Waals surface area contributed by atoms with Gasteiger partial charge in [-0.15, -0.1) is 0 Å². The Morgan fingerprint density at radius 1 is 1.39 bits per heavy atom. The van der Waals surface area contributed by atoms with E-state index in [0.717, 1.165) is 11.1 Å². The molecule has 1 aliphatic rings. The molecule has 0 unspecified atom stereocenters. The molecular formula is C14H19NO3. The van der Waals surface area contributed by atoms with E-state index in [9.17, 15) is 15.0 Å². The number of hydrogen-bond donors (Lipinski definition) is 2. The van der Waals surface area contributed by atoms with Gasteiger partial charge in [0.2, 0.25) is 0 Å². The molecule has 0 amide bonds. The molecule has 18 heavy (non-hydrogen) atoms. The molecule has 1 aromatic carbocycles. The third kappa shape index (κ3) is 1.97. The van der Waals surface area contributed by atoms with Crippen molar-refractivity contribution in [3.63, 3.8) is 0 Å². The summed E-state index contributed by atoms with van der Waals surface area (Å²) in [4.78, 5) is 13.3. The molecule has 0 spiro atoms. The summed E-state index contributed by atoms with van der Waals surface area (Å²) in [7, 11) is 3.85. The molecule has 1 aromatic rings. The van der Waals surface area contributed by atoms with E-state index in [1.165, 1.54) is 0 Å². The zero-order chi connectivity index (χ0) is 13.5. The van der Waals surface area contributed by atoms with Crippen molar-refractivity contribution in [2.24, 2.45) is 0 Å². The molecule has 4 heteroatoms. The molecule has 0 aliphatic heterocycles. The van der Waals surface area contributed by atoms with Crippen LogP contribution in [0.25, 0.3) is 0 Å². The smallest absolute Gasteiger partial charge is 0.314 e. The second kappa shape index (κ2) is 4.28. The Morgan fingerprint density at radius 3 is 2.44 bits per heavy atom. The van der Waals surface area contributed by atoms with E-state index in [2.05, 4.69) is 0 Å². The number of aliphatic carboxylic acids is 1. The first kappa shape index (κ1) is 12.9. The van der Waals surface area contributed by atoms with Crippen molar-refractivity contribution in [1.82, 2.24) is 4.90 Å². The molecule has 2 N–H and O–H groups in total. The van der Waals surface area contributed by atoms with Crippen LogP contribution in [0.1, 0.15) is 29.5 Å². The van der Waals surface area contributed by atoms with Crippen molar-refractivity contribution in [3.05, 3.63) is 28.8 Å². The van der Waals surface area contributed by atoms with E-state index in [-0.39, 0.29) is 5.75 Å². The van der Waals surface area contributed by atoms with Crippen molar-refractivity contribution in [3.8, 4) is 5.75 Å². The molecule has 98 valence electrons. The fourth-order valence-electron chi connectivity index (χ4n) is 2.36. The Balaban J connectivity index is 2.48. The van der Waals surface area contributed by atoms with Crippen LogP contribution in [-0.4, -0.2) is 35.2 Å². The van der Waals surface area contributed by atoms with Gasteiger partial charge in [-0.05, 0) is 39.4 Å². The van der Waals surface area contributed by atoms with Crippen molar-refractivity contribution in [2.45, 2.75) is 31.7 Å². The predicted molar refractivity (Wildman–Crippen MR) is 68.8 cm³/mol. The van der Waals surface area contributed by atoms with Crippen LogP contribution in [0.3, 0.4) is 0 Å². The van der Waals surface area contributed by atoms with E-state index < -0.39 is 11.4 Å². The minimum absolute atomic E-state index is 0.156. The number of aromatic hydroxyl groups is 1. The first-order valence-corrected chi connectivity index (χ1v) is 6.08. The molecule has 0 radical (unpaired) electrons. The second-order valence-corrected chi connectivity index (χ2v) is 5.38. The summed E-state index contributed by atoms with van der Waals surface area (Å²) >= 11 is 0. The number of nitrogens with zero attached hydrogens (tertiary/aromatic N) is 1. The third-order valence-electron chi connectivity index (χ3n) is 3.67. The zero-order valence-electron chi connectivity index (χ0n) is 11.0. The number of carboxylic acid groups (broad SMARTS) is 1. The van der Waals surface area contributed by atoms with Gasteiger partial charge in [0.25, 0.3) is 0 Å². The van der Waals surface area contributed by atoms with E-state index in [4.69, 9.17) is 0 Å². The number of phenolic OH excluding ortho intramolecular Hbond substituents is 1. The molecule has 0 atom stereocenters. The highest BCUT2D eigenvalue weighted by Gasteiger charge is 2.53. The lowest BCUT2D eigenvalue weighted by Gasteiger charge is -2.19. The van der Waals surface area contributed by atoms with Gasteiger partial charge < -0.3 is 15.1 Å². The maximum absolute atomic E-state index is 11.3. The number of benzene rings is 1. The fraction of sp³-hybridized carbons (Fsp3) is 0.500. The van der Waals surface area contributed by atoms with Crippen molar-refractivity contribution < 1.29 is 15.0 Å². The van der Waals surface area contributed by atoms with Gasteiger partial charge in [-0.1, -0.05) is 12.1 Å². The van der Waals surface area contributed by atoms with Crippen LogP contribution in [0.15, 0.2) is 12.1 Å². The molecule has 4 nitrogen and oxygen atoms in total. The van der Waals surface area contributed by atoms with Crippen molar-refractivity contribution in [1.29, 1.82) is 0 Å². The van der Waals surface area contributed by atoms with Gasteiger partial charge in [-0.3, -0.25) is 4.79 Å². The van der Waals surface area contributed by atoms with Crippen LogP contribution in [0.5, 0.6) is 5.75 Å². The average Bonchev–Trinajstić information content (AvgIpc) is 3.05. The van der Waals surface area contributed by atoms with Gasteiger partial charge in [-0.2, -0.15) is 0 Å². The van der Waals surface area contributed by atoms with Crippen LogP contribution in [0, 0.1) is 6.92 Å². The van der Waals surface area contributed by atoms with E-state index in [0.29, 0.717) is 24.9 Å². The SMILES string of the molecule is Cc1ccc(C2(C(=O)O)CC2)c(O)c1CN(C)C. The monoisotopic (exact) mass is 249 g/mol. The summed E-state index contributed by atoms with van der Waals surface area (Å²) in [6, 6.07) is 3.65. The Bertz CT molecular complexity index is 490. The summed E-state index contributed by atoms with van der Waals surface area (Å²) < 4.78 is 0. The standard InChI is InChI=1S/C14H19NO3/c1-9-4-5-11(14(6-7-14)13(17)18)12(16)10(9)8-15(2)3/h4-5,16H,6-8H2,1-3H3,(H,17,18).